The molecule has 2 heterocycles. The number of benzene rings is 1. The summed E-state index contributed by atoms with van der Waals surface area (Å²) in [7, 11) is 1.81. The number of hydrogen-bond acceptors (Lipinski definition) is 4. The van der Waals surface area contributed by atoms with E-state index in [2.05, 4.69) is 10.6 Å². The first-order valence-corrected chi connectivity index (χ1v) is 8.08. The van der Waals surface area contributed by atoms with Gasteiger partial charge in [0, 0.05) is 18.9 Å². The van der Waals surface area contributed by atoms with Gasteiger partial charge in [-0.2, -0.15) is 0 Å². The third-order valence-corrected chi connectivity index (χ3v) is 4.09. The maximum absolute atomic E-state index is 12.3. The minimum atomic E-state index is -0.350. The van der Waals surface area contributed by atoms with Crippen molar-refractivity contribution in [1.29, 1.82) is 0 Å². The Kier molecular flexibility index (Phi) is 6.61. The molecule has 1 fully saturated rings. The second-order valence-electron chi connectivity index (χ2n) is 5.89. The summed E-state index contributed by atoms with van der Waals surface area (Å²) in [5, 5.41) is 6.04. The molecule has 0 bridgehead atoms. The largest absolute Gasteiger partial charge is 0.459 e. The van der Waals surface area contributed by atoms with Crippen LogP contribution in [0.3, 0.4) is 0 Å². The molecule has 1 aromatic carbocycles. The molecule has 1 aliphatic rings. The van der Waals surface area contributed by atoms with Gasteiger partial charge in [0.15, 0.2) is 0 Å². The van der Waals surface area contributed by atoms with Crippen molar-refractivity contribution in [2.45, 2.75) is 18.9 Å². The molecule has 0 aliphatic carbocycles. The zero-order valence-electron chi connectivity index (χ0n) is 14.0. The molecular weight excluding hydrogens is 342 g/mol. The molecule has 2 N–H and O–H groups in total. The van der Waals surface area contributed by atoms with E-state index in [1.54, 1.807) is 34.9 Å². The van der Waals surface area contributed by atoms with E-state index in [1.807, 2.05) is 19.3 Å². The third kappa shape index (κ3) is 4.84. The molecule has 25 heavy (non-hydrogen) atoms. The molecule has 3 rings (SSSR count). The monoisotopic (exact) mass is 363 g/mol. The molecule has 1 saturated heterocycles. The molecule has 0 saturated carbocycles. The summed E-state index contributed by atoms with van der Waals surface area (Å²) in [5.41, 5.74) is 1.57. The van der Waals surface area contributed by atoms with Gasteiger partial charge in [-0.3, -0.25) is 4.79 Å². The lowest BCUT2D eigenvalue weighted by molar-refractivity contribution is 0.0229. The van der Waals surface area contributed by atoms with E-state index in [-0.39, 0.29) is 30.4 Å². The van der Waals surface area contributed by atoms with Gasteiger partial charge in [-0.1, -0.05) is 6.07 Å². The summed E-state index contributed by atoms with van der Waals surface area (Å²) in [6.45, 7) is 1.73. The van der Waals surface area contributed by atoms with E-state index < -0.39 is 0 Å². The number of aromatic nitrogens is 1. The fraction of sp³-hybridized carbons (Fsp3) is 0.333. The zero-order valence-corrected chi connectivity index (χ0v) is 14.8. The summed E-state index contributed by atoms with van der Waals surface area (Å²) in [4.78, 5) is 24.5. The first kappa shape index (κ1) is 19.0. The maximum atomic E-state index is 12.3. The number of rotatable bonds is 4. The lowest BCUT2D eigenvalue weighted by Gasteiger charge is -2.22. The Hall–Kier alpha value is -2.31. The topological polar surface area (TPSA) is 72.4 Å². The van der Waals surface area contributed by atoms with Crippen LogP contribution in [0, 0.1) is 0 Å². The van der Waals surface area contributed by atoms with Crippen molar-refractivity contribution >= 4 is 30.0 Å². The van der Waals surface area contributed by atoms with Crippen LogP contribution < -0.4 is 10.6 Å². The van der Waals surface area contributed by atoms with Crippen molar-refractivity contribution < 1.29 is 14.3 Å². The average molecular weight is 364 g/mol. The molecule has 6 nitrogen and oxygen atoms in total. The Labute approximate surface area is 153 Å². The maximum Gasteiger partial charge on any atom is 0.338 e. The third-order valence-electron chi connectivity index (χ3n) is 4.09. The fourth-order valence-corrected chi connectivity index (χ4v) is 2.75. The van der Waals surface area contributed by atoms with E-state index >= 15 is 0 Å². The molecule has 1 aliphatic heterocycles. The molecule has 0 atom stereocenters. The van der Waals surface area contributed by atoms with E-state index in [9.17, 15) is 9.59 Å². The number of hydrogen-bond donors (Lipinski definition) is 2. The van der Waals surface area contributed by atoms with E-state index in [4.69, 9.17) is 4.74 Å². The lowest BCUT2D eigenvalue weighted by Crippen LogP contribution is -2.33. The molecule has 7 heteroatoms. The van der Waals surface area contributed by atoms with E-state index in [1.165, 1.54) is 0 Å². The van der Waals surface area contributed by atoms with Crippen LogP contribution in [0.1, 0.15) is 33.7 Å². The Balaban J connectivity index is 0.00000225. The van der Waals surface area contributed by atoms with Gasteiger partial charge >= 0.3 is 5.97 Å². The number of nitrogens with zero attached hydrogens (tertiary/aromatic N) is 1. The lowest BCUT2D eigenvalue weighted by atomic mass is 10.1. The smallest absolute Gasteiger partial charge is 0.338 e. The highest BCUT2D eigenvalue weighted by molar-refractivity contribution is 6.03. The SMILES string of the molecule is Cl.Cn1cccc1C(=O)Nc1cccc(C(=O)OC2CCNCC2)c1. The second-order valence-corrected chi connectivity index (χ2v) is 5.89. The molecule has 0 spiro atoms. The molecule has 0 radical (unpaired) electrons. The molecule has 1 amide bonds. The number of carbonyl (C=O) groups is 2. The van der Waals surface area contributed by atoms with Crippen molar-refractivity contribution in [3.8, 4) is 0 Å². The number of amides is 1. The molecule has 0 unspecified atom stereocenters. The quantitative estimate of drug-likeness (QED) is 0.819. The Bertz CT molecular complexity index is 739. The number of carbonyl (C=O) groups excluding carboxylic acids is 2. The van der Waals surface area contributed by atoms with Gasteiger partial charge in [0.25, 0.3) is 5.91 Å². The summed E-state index contributed by atoms with van der Waals surface area (Å²) in [5.74, 6) is -0.566. The standard InChI is InChI=1S/C18H21N3O3.ClH/c1-21-11-3-6-16(21)17(22)20-14-5-2-4-13(12-14)18(23)24-15-7-9-19-10-8-15;/h2-6,11-12,15,19H,7-10H2,1H3,(H,20,22);1H. The van der Waals surface area contributed by atoms with Crippen molar-refractivity contribution in [3.05, 3.63) is 53.9 Å². The number of halogens is 1. The van der Waals surface area contributed by atoms with Crippen molar-refractivity contribution in [3.63, 3.8) is 0 Å². The van der Waals surface area contributed by atoms with Gasteiger partial charge in [0.2, 0.25) is 0 Å². The van der Waals surface area contributed by atoms with Crippen LogP contribution in [0.25, 0.3) is 0 Å². The highest BCUT2D eigenvalue weighted by Crippen LogP contribution is 2.16. The second kappa shape index (κ2) is 8.69. The normalized spacial score (nSPS) is 14.4. The van der Waals surface area contributed by atoms with Crippen LogP contribution >= 0.6 is 12.4 Å². The first-order valence-electron chi connectivity index (χ1n) is 8.08. The van der Waals surface area contributed by atoms with Crippen LogP contribution in [0.5, 0.6) is 0 Å². The zero-order chi connectivity index (χ0) is 16.9. The van der Waals surface area contributed by atoms with Gasteiger partial charge in [0.1, 0.15) is 11.8 Å². The molecule has 134 valence electrons. The van der Waals surface area contributed by atoms with Crippen LogP contribution in [0.2, 0.25) is 0 Å². The number of esters is 1. The van der Waals surface area contributed by atoms with Gasteiger partial charge in [0.05, 0.1) is 5.56 Å². The van der Waals surface area contributed by atoms with Crippen molar-refractivity contribution in [1.82, 2.24) is 9.88 Å². The van der Waals surface area contributed by atoms with Gasteiger partial charge in [-0.15, -0.1) is 12.4 Å². The van der Waals surface area contributed by atoms with Crippen LogP contribution in [0.15, 0.2) is 42.6 Å². The summed E-state index contributed by atoms with van der Waals surface area (Å²) in [6, 6.07) is 10.4. The molecule has 1 aromatic heterocycles. The Morgan fingerprint density at radius 3 is 2.64 bits per heavy atom. The van der Waals surface area contributed by atoms with Crippen molar-refractivity contribution in [2.24, 2.45) is 7.05 Å². The van der Waals surface area contributed by atoms with Gasteiger partial charge < -0.3 is 19.9 Å². The number of nitrogens with one attached hydrogen (secondary N) is 2. The minimum absolute atomic E-state index is 0. The highest BCUT2D eigenvalue weighted by Gasteiger charge is 2.19. The Morgan fingerprint density at radius 1 is 1.20 bits per heavy atom. The van der Waals surface area contributed by atoms with Crippen LogP contribution in [0.4, 0.5) is 5.69 Å². The highest BCUT2D eigenvalue weighted by atomic mass is 35.5. The first-order chi connectivity index (χ1) is 11.6. The molecular formula is C18H22ClN3O3. The van der Waals surface area contributed by atoms with Gasteiger partial charge in [-0.25, -0.2) is 4.79 Å². The Morgan fingerprint density at radius 2 is 1.96 bits per heavy atom. The number of anilines is 1. The van der Waals surface area contributed by atoms with Gasteiger partial charge in [-0.05, 0) is 56.3 Å². The summed E-state index contributed by atoms with van der Waals surface area (Å²) >= 11 is 0. The number of piperidine rings is 1. The summed E-state index contributed by atoms with van der Waals surface area (Å²) in [6.07, 6.45) is 3.42. The fourth-order valence-electron chi connectivity index (χ4n) is 2.75. The average Bonchev–Trinajstić information content (AvgIpc) is 3.02. The minimum Gasteiger partial charge on any atom is -0.459 e. The van der Waals surface area contributed by atoms with E-state index in [0.29, 0.717) is 16.9 Å². The summed E-state index contributed by atoms with van der Waals surface area (Å²) < 4.78 is 7.27. The van der Waals surface area contributed by atoms with Crippen molar-refractivity contribution in [2.75, 3.05) is 18.4 Å². The number of ether oxygens (including phenoxy) is 1. The predicted octanol–water partition coefficient (Wildman–Crippen LogP) is 2.61. The van der Waals surface area contributed by atoms with E-state index in [0.717, 1.165) is 25.9 Å². The van der Waals surface area contributed by atoms with Crippen LogP contribution in [-0.2, 0) is 11.8 Å². The predicted molar refractivity (Wildman–Crippen MR) is 98.4 cm³/mol. The number of aryl methyl sites for hydroxylation is 1. The molecule has 2 aromatic rings. The van der Waals surface area contributed by atoms with Crippen LogP contribution in [-0.4, -0.2) is 35.6 Å².